The van der Waals surface area contributed by atoms with Gasteiger partial charge in [0.15, 0.2) is 12.4 Å². The predicted molar refractivity (Wildman–Crippen MR) is 84.4 cm³/mol. The van der Waals surface area contributed by atoms with E-state index in [9.17, 15) is 9.59 Å². The molecular weight excluding hydrogens is 346 g/mol. The number of fused-ring (bicyclic) bond motifs is 2. The number of amides is 1. The molecule has 2 aromatic rings. The molecule has 0 aromatic heterocycles. The van der Waals surface area contributed by atoms with Crippen LogP contribution >= 0.6 is 15.9 Å². The van der Waals surface area contributed by atoms with Gasteiger partial charge >= 0.3 is 0 Å². The van der Waals surface area contributed by atoms with Crippen molar-refractivity contribution < 1.29 is 14.3 Å². The zero-order valence-electron chi connectivity index (χ0n) is 11.5. The average molecular weight is 358 g/mol. The van der Waals surface area contributed by atoms with Gasteiger partial charge in [0, 0.05) is 10.0 Å². The summed E-state index contributed by atoms with van der Waals surface area (Å²) >= 11 is 3.49. The number of nitrogens with zero attached hydrogens (tertiary/aromatic N) is 1. The molecule has 1 amide bonds. The molecule has 0 unspecified atom stereocenters. The molecule has 2 aliphatic rings. The lowest BCUT2D eigenvalue weighted by atomic mass is 9.97. The molecule has 22 heavy (non-hydrogen) atoms. The average Bonchev–Trinajstić information content (AvgIpc) is 3.22. The SMILES string of the molecule is O=C[C@H]1O[C@@]12C(=O)N(Cc1ccccc1)c1cccc(Br)c12. The molecule has 2 aliphatic heterocycles. The lowest BCUT2D eigenvalue weighted by Gasteiger charge is -2.17. The van der Waals surface area contributed by atoms with Gasteiger partial charge in [-0.15, -0.1) is 0 Å². The molecule has 2 aromatic carbocycles. The largest absolute Gasteiger partial charge is 0.342 e. The van der Waals surface area contributed by atoms with Crippen LogP contribution in [0.25, 0.3) is 0 Å². The van der Waals surface area contributed by atoms with E-state index >= 15 is 0 Å². The van der Waals surface area contributed by atoms with Gasteiger partial charge < -0.3 is 14.4 Å². The Morgan fingerprint density at radius 2 is 1.95 bits per heavy atom. The Balaban J connectivity index is 1.81. The molecule has 0 saturated carbocycles. The Bertz CT molecular complexity index is 777. The molecule has 1 fully saturated rings. The van der Waals surface area contributed by atoms with Gasteiger partial charge in [-0.2, -0.15) is 0 Å². The number of rotatable bonds is 3. The van der Waals surface area contributed by atoms with Gasteiger partial charge in [0.05, 0.1) is 12.2 Å². The molecule has 0 N–H and O–H groups in total. The molecule has 0 bridgehead atoms. The summed E-state index contributed by atoms with van der Waals surface area (Å²) in [6.45, 7) is 0.458. The van der Waals surface area contributed by atoms with Gasteiger partial charge in [0.1, 0.15) is 0 Å². The Morgan fingerprint density at radius 1 is 1.18 bits per heavy atom. The second-order valence-corrected chi connectivity index (χ2v) is 6.28. The van der Waals surface area contributed by atoms with Crippen LogP contribution in [0.5, 0.6) is 0 Å². The highest BCUT2D eigenvalue weighted by Gasteiger charge is 2.70. The highest BCUT2D eigenvalue weighted by molar-refractivity contribution is 9.10. The number of carbonyl (C=O) groups is 2. The number of hydrogen-bond donors (Lipinski definition) is 0. The number of carbonyl (C=O) groups excluding carboxylic acids is 2. The van der Waals surface area contributed by atoms with Crippen LogP contribution in [0.2, 0.25) is 0 Å². The van der Waals surface area contributed by atoms with Crippen LogP contribution in [0.1, 0.15) is 11.1 Å². The van der Waals surface area contributed by atoms with Crippen molar-refractivity contribution in [2.75, 3.05) is 4.90 Å². The van der Waals surface area contributed by atoms with Crippen molar-refractivity contribution in [2.24, 2.45) is 0 Å². The van der Waals surface area contributed by atoms with E-state index in [2.05, 4.69) is 15.9 Å². The maximum atomic E-state index is 12.9. The zero-order valence-corrected chi connectivity index (χ0v) is 13.1. The summed E-state index contributed by atoms with van der Waals surface area (Å²) in [7, 11) is 0. The number of ether oxygens (including phenoxy) is 1. The lowest BCUT2D eigenvalue weighted by Crippen LogP contribution is -2.33. The van der Waals surface area contributed by atoms with Gasteiger partial charge in [-0.25, -0.2) is 0 Å². The molecule has 5 heteroatoms. The first-order valence-corrected chi connectivity index (χ1v) is 7.76. The molecule has 2 heterocycles. The summed E-state index contributed by atoms with van der Waals surface area (Å²) in [6.07, 6.45) is 0.00544. The van der Waals surface area contributed by atoms with Crippen molar-refractivity contribution in [1.29, 1.82) is 0 Å². The fourth-order valence-electron chi connectivity index (χ4n) is 3.11. The minimum Gasteiger partial charge on any atom is -0.342 e. The van der Waals surface area contributed by atoms with Crippen LogP contribution in [0.3, 0.4) is 0 Å². The standard InChI is InChI=1S/C17H12BrNO3/c18-12-7-4-8-13-15(12)17(14(10-20)22-17)16(21)19(13)9-11-5-2-1-3-6-11/h1-8,10,14H,9H2/t14-,17+/m1/s1. The summed E-state index contributed by atoms with van der Waals surface area (Å²) in [4.78, 5) is 25.7. The van der Waals surface area contributed by atoms with Crippen LogP contribution in [-0.4, -0.2) is 18.3 Å². The maximum absolute atomic E-state index is 12.9. The van der Waals surface area contributed by atoms with Crippen LogP contribution in [0, 0.1) is 0 Å². The van der Waals surface area contributed by atoms with Crippen LogP contribution in [0.4, 0.5) is 5.69 Å². The van der Waals surface area contributed by atoms with Crippen molar-refractivity contribution >= 4 is 33.8 Å². The number of hydrogen-bond acceptors (Lipinski definition) is 3. The Hall–Kier alpha value is -1.98. The maximum Gasteiger partial charge on any atom is 0.267 e. The first-order chi connectivity index (χ1) is 10.7. The Labute approximate surface area is 135 Å². The second kappa shape index (κ2) is 4.76. The quantitative estimate of drug-likeness (QED) is 0.626. The van der Waals surface area contributed by atoms with Crippen molar-refractivity contribution in [1.82, 2.24) is 0 Å². The molecule has 0 radical (unpaired) electrons. The molecule has 1 saturated heterocycles. The molecule has 0 aliphatic carbocycles. The van der Waals surface area contributed by atoms with Gasteiger partial charge in [-0.3, -0.25) is 4.79 Å². The molecule has 4 nitrogen and oxygen atoms in total. The van der Waals surface area contributed by atoms with E-state index in [0.717, 1.165) is 21.3 Å². The normalized spacial score (nSPS) is 25.4. The third kappa shape index (κ3) is 1.72. The van der Waals surface area contributed by atoms with Crippen molar-refractivity contribution in [3.63, 3.8) is 0 Å². The van der Waals surface area contributed by atoms with Gasteiger partial charge in [-0.05, 0) is 17.7 Å². The van der Waals surface area contributed by atoms with E-state index in [1.807, 2.05) is 48.5 Å². The first-order valence-electron chi connectivity index (χ1n) is 6.96. The van der Waals surface area contributed by atoms with E-state index in [-0.39, 0.29) is 5.91 Å². The fourth-order valence-corrected chi connectivity index (χ4v) is 3.76. The second-order valence-electron chi connectivity index (χ2n) is 5.42. The zero-order chi connectivity index (χ0) is 15.3. The number of aldehydes is 1. The van der Waals surface area contributed by atoms with E-state index in [1.165, 1.54) is 0 Å². The van der Waals surface area contributed by atoms with E-state index in [0.29, 0.717) is 12.8 Å². The van der Waals surface area contributed by atoms with Gasteiger partial charge in [0.2, 0.25) is 5.60 Å². The summed E-state index contributed by atoms with van der Waals surface area (Å²) in [6, 6.07) is 15.4. The summed E-state index contributed by atoms with van der Waals surface area (Å²) in [5.74, 6) is -0.171. The topological polar surface area (TPSA) is 49.9 Å². The molecule has 1 spiro atoms. The fraction of sp³-hybridized carbons (Fsp3) is 0.176. The van der Waals surface area contributed by atoms with Gasteiger partial charge in [0.25, 0.3) is 5.91 Å². The summed E-state index contributed by atoms with van der Waals surface area (Å²) < 4.78 is 6.30. The van der Waals surface area contributed by atoms with Crippen LogP contribution in [-0.2, 0) is 26.5 Å². The summed E-state index contributed by atoms with van der Waals surface area (Å²) in [5.41, 5.74) is 1.45. The van der Waals surface area contributed by atoms with E-state index in [4.69, 9.17) is 4.74 Å². The van der Waals surface area contributed by atoms with Crippen LogP contribution < -0.4 is 4.90 Å². The third-order valence-electron chi connectivity index (χ3n) is 4.18. The number of benzene rings is 2. The third-order valence-corrected chi connectivity index (χ3v) is 4.84. The Kier molecular flexibility index (Phi) is 2.96. The highest BCUT2D eigenvalue weighted by Crippen LogP contribution is 2.57. The monoisotopic (exact) mass is 357 g/mol. The number of epoxide rings is 1. The lowest BCUT2D eigenvalue weighted by molar-refractivity contribution is -0.123. The van der Waals surface area contributed by atoms with Gasteiger partial charge in [-0.1, -0.05) is 52.3 Å². The number of halogens is 1. The molecule has 2 atom stereocenters. The Morgan fingerprint density at radius 3 is 2.64 bits per heavy atom. The molecule has 110 valence electrons. The first kappa shape index (κ1) is 13.7. The predicted octanol–water partition coefficient (Wildman–Crippen LogP) is 2.79. The van der Waals surface area contributed by atoms with Crippen LogP contribution in [0.15, 0.2) is 53.0 Å². The van der Waals surface area contributed by atoms with Crippen molar-refractivity contribution in [3.8, 4) is 0 Å². The number of anilines is 1. The smallest absolute Gasteiger partial charge is 0.267 e. The summed E-state index contributed by atoms with van der Waals surface area (Å²) in [5, 5.41) is 0. The van der Waals surface area contributed by atoms with Crippen molar-refractivity contribution in [3.05, 3.63) is 64.1 Å². The van der Waals surface area contributed by atoms with E-state index in [1.54, 1.807) is 4.90 Å². The minimum atomic E-state index is -1.13. The van der Waals surface area contributed by atoms with E-state index < -0.39 is 11.7 Å². The molecular formula is C17H12BrNO3. The van der Waals surface area contributed by atoms with Crippen molar-refractivity contribution in [2.45, 2.75) is 18.2 Å². The minimum absolute atomic E-state index is 0.171. The highest BCUT2D eigenvalue weighted by atomic mass is 79.9. The molecule has 4 rings (SSSR count).